The first-order valence-corrected chi connectivity index (χ1v) is 11.2. The standard InChI is InChI=1S/C25H27F4N3O/c1-15(2)31-10-4-5-17(13-31)14-32-16(3)30-23-9-6-18(11-21(23)24(32)33)20-8-7-19(12-22(20)26)25(27,28)29/h6-9,11-12,15,17H,4-5,10,13-14H2,1-3H3/t17-/m0/s1. The minimum atomic E-state index is -4.62. The van der Waals surface area contributed by atoms with E-state index in [1.807, 2.05) is 0 Å². The van der Waals surface area contributed by atoms with Gasteiger partial charge in [0.15, 0.2) is 0 Å². The molecule has 0 unspecified atom stereocenters. The zero-order valence-electron chi connectivity index (χ0n) is 18.9. The molecule has 3 aromatic rings. The Balaban J connectivity index is 1.70. The van der Waals surface area contributed by atoms with Crippen LogP contribution in [-0.2, 0) is 12.7 Å². The molecule has 0 saturated carbocycles. The molecule has 33 heavy (non-hydrogen) atoms. The Morgan fingerprint density at radius 3 is 2.58 bits per heavy atom. The normalized spacial score (nSPS) is 17.8. The zero-order valence-corrected chi connectivity index (χ0v) is 18.9. The van der Waals surface area contributed by atoms with Crippen LogP contribution in [0.15, 0.2) is 41.2 Å². The number of nitrogens with zero attached hydrogens (tertiary/aromatic N) is 3. The van der Waals surface area contributed by atoms with Gasteiger partial charge in [-0.3, -0.25) is 9.36 Å². The third-order valence-electron chi connectivity index (χ3n) is 6.47. The molecule has 0 bridgehead atoms. The maximum Gasteiger partial charge on any atom is 0.416 e. The lowest BCUT2D eigenvalue weighted by atomic mass is 9.96. The van der Waals surface area contributed by atoms with Gasteiger partial charge >= 0.3 is 6.18 Å². The van der Waals surface area contributed by atoms with Crippen LogP contribution in [0.3, 0.4) is 0 Å². The highest BCUT2D eigenvalue weighted by molar-refractivity contribution is 5.84. The molecule has 0 N–H and O–H groups in total. The van der Waals surface area contributed by atoms with Crippen molar-refractivity contribution in [2.75, 3.05) is 13.1 Å². The first kappa shape index (κ1) is 23.4. The van der Waals surface area contributed by atoms with E-state index in [0.717, 1.165) is 38.1 Å². The van der Waals surface area contributed by atoms with E-state index in [1.165, 1.54) is 6.07 Å². The number of likely N-dealkylation sites (tertiary alicyclic amines) is 1. The summed E-state index contributed by atoms with van der Waals surface area (Å²) in [7, 11) is 0. The summed E-state index contributed by atoms with van der Waals surface area (Å²) < 4.78 is 54.8. The Morgan fingerprint density at radius 1 is 1.15 bits per heavy atom. The second kappa shape index (κ2) is 8.89. The van der Waals surface area contributed by atoms with Crippen molar-refractivity contribution < 1.29 is 17.6 Å². The molecule has 1 aliphatic rings. The van der Waals surface area contributed by atoms with Gasteiger partial charge in [-0.2, -0.15) is 13.2 Å². The maximum absolute atomic E-state index is 14.5. The Bertz CT molecular complexity index is 1230. The molecule has 1 atom stereocenters. The lowest BCUT2D eigenvalue weighted by molar-refractivity contribution is -0.137. The summed E-state index contributed by atoms with van der Waals surface area (Å²) in [6, 6.07) is 7.58. The van der Waals surface area contributed by atoms with Crippen LogP contribution < -0.4 is 5.56 Å². The van der Waals surface area contributed by atoms with E-state index < -0.39 is 17.6 Å². The van der Waals surface area contributed by atoms with E-state index in [2.05, 4.69) is 23.7 Å². The van der Waals surface area contributed by atoms with E-state index in [0.29, 0.717) is 46.9 Å². The van der Waals surface area contributed by atoms with Crippen molar-refractivity contribution in [3.8, 4) is 11.1 Å². The molecule has 2 aromatic carbocycles. The van der Waals surface area contributed by atoms with Gasteiger partial charge in [0.1, 0.15) is 11.6 Å². The molecule has 4 nitrogen and oxygen atoms in total. The third kappa shape index (κ3) is 4.81. The van der Waals surface area contributed by atoms with Gasteiger partial charge in [0, 0.05) is 24.7 Å². The van der Waals surface area contributed by atoms with Gasteiger partial charge in [0.2, 0.25) is 0 Å². The lowest BCUT2D eigenvalue weighted by Crippen LogP contribution is -2.42. The van der Waals surface area contributed by atoms with Crippen LogP contribution in [0, 0.1) is 18.7 Å². The number of piperidine rings is 1. The highest BCUT2D eigenvalue weighted by Crippen LogP contribution is 2.33. The summed E-state index contributed by atoms with van der Waals surface area (Å²) in [4.78, 5) is 20.3. The molecule has 176 valence electrons. The van der Waals surface area contributed by atoms with Crippen molar-refractivity contribution in [2.24, 2.45) is 5.92 Å². The van der Waals surface area contributed by atoms with Crippen molar-refractivity contribution in [3.05, 3.63) is 64.0 Å². The zero-order chi connectivity index (χ0) is 23.9. The number of aryl methyl sites for hydroxylation is 1. The molecule has 8 heteroatoms. The fourth-order valence-corrected chi connectivity index (χ4v) is 4.61. The third-order valence-corrected chi connectivity index (χ3v) is 6.47. The van der Waals surface area contributed by atoms with Crippen LogP contribution in [0.2, 0.25) is 0 Å². The molecule has 0 aliphatic carbocycles. The van der Waals surface area contributed by atoms with Crippen LogP contribution in [-0.4, -0.2) is 33.6 Å². The Hall–Kier alpha value is -2.74. The summed E-state index contributed by atoms with van der Waals surface area (Å²) in [5.41, 5.74) is -0.430. The van der Waals surface area contributed by atoms with Gasteiger partial charge in [0.25, 0.3) is 5.56 Å². The summed E-state index contributed by atoms with van der Waals surface area (Å²) in [5.74, 6) is -0.0458. The topological polar surface area (TPSA) is 38.1 Å². The number of benzene rings is 2. The van der Waals surface area contributed by atoms with Gasteiger partial charge in [-0.15, -0.1) is 0 Å². The Labute approximate surface area is 189 Å². The number of fused-ring (bicyclic) bond motifs is 1. The van der Waals surface area contributed by atoms with Crippen molar-refractivity contribution in [1.29, 1.82) is 0 Å². The quantitative estimate of drug-likeness (QED) is 0.471. The molecule has 1 fully saturated rings. The molecule has 1 saturated heterocycles. The average molecular weight is 462 g/mol. The molecular weight excluding hydrogens is 434 g/mol. The van der Waals surface area contributed by atoms with Crippen molar-refractivity contribution >= 4 is 10.9 Å². The molecule has 1 aromatic heterocycles. The summed E-state index contributed by atoms with van der Waals surface area (Å²) in [6.45, 7) is 8.65. The van der Waals surface area contributed by atoms with E-state index in [4.69, 9.17) is 0 Å². The molecule has 4 rings (SSSR count). The van der Waals surface area contributed by atoms with Crippen LogP contribution in [0.25, 0.3) is 22.0 Å². The van der Waals surface area contributed by atoms with Gasteiger partial charge < -0.3 is 4.90 Å². The van der Waals surface area contributed by atoms with Crippen LogP contribution in [0.1, 0.15) is 38.1 Å². The SMILES string of the molecule is Cc1nc2ccc(-c3ccc(C(F)(F)F)cc3F)cc2c(=O)n1C[C@H]1CCCN(C(C)C)C1. The van der Waals surface area contributed by atoms with E-state index >= 15 is 0 Å². The van der Waals surface area contributed by atoms with E-state index in [9.17, 15) is 22.4 Å². The smallest absolute Gasteiger partial charge is 0.301 e. The lowest BCUT2D eigenvalue weighted by Gasteiger charge is -2.35. The van der Waals surface area contributed by atoms with Gasteiger partial charge in [-0.25, -0.2) is 9.37 Å². The number of hydrogen-bond donors (Lipinski definition) is 0. The fourth-order valence-electron chi connectivity index (χ4n) is 4.61. The molecule has 0 radical (unpaired) electrons. The highest BCUT2D eigenvalue weighted by atomic mass is 19.4. The van der Waals surface area contributed by atoms with Gasteiger partial charge in [-0.05, 0) is 75.9 Å². The minimum Gasteiger partial charge on any atom is -0.301 e. The maximum atomic E-state index is 14.5. The first-order valence-electron chi connectivity index (χ1n) is 11.2. The van der Waals surface area contributed by atoms with Crippen LogP contribution >= 0.6 is 0 Å². The second-order valence-electron chi connectivity index (χ2n) is 9.10. The van der Waals surface area contributed by atoms with Crippen LogP contribution in [0.4, 0.5) is 17.6 Å². The number of halogens is 4. The predicted molar refractivity (Wildman–Crippen MR) is 121 cm³/mol. The van der Waals surface area contributed by atoms with Crippen molar-refractivity contribution in [2.45, 2.75) is 52.4 Å². The Kier molecular flexibility index (Phi) is 6.31. The van der Waals surface area contributed by atoms with Crippen molar-refractivity contribution in [1.82, 2.24) is 14.5 Å². The number of aromatic nitrogens is 2. The largest absolute Gasteiger partial charge is 0.416 e. The van der Waals surface area contributed by atoms with Gasteiger partial charge in [-0.1, -0.05) is 12.1 Å². The van der Waals surface area contributed by atoms with Crippen molar-refractivity contribution in [3.63, 3.8) is 0 Å². The molecule has 0 spiro atoms. The molecule has 1 aliphatic heterocycles. The molecular formula is C25H27F4N3O. The summed E-state index contributed by atoms with van der Waals surface area (Å²) in [5, 5.41) is 0.328. The summed E-state index contributed by atoms with van der Waals surface area (Å²) >= 11 is 0. The monoisotopic (exact) mass is 461 g/mol. The van der Waals surface area contributed by atoms with E-state index in [-0.39, 0.29) is 11.1 Å². The van der Waals surface area contributed by atoms with E-state index in [1.54, 1.807) is 23.6 Å². The molecule has 0 amide bonds. The summed E-state index contributed by atoms with van der Waals surface area (Å²) in [6.07, 6.45) is -2.51. The molecule has 2 heterocycles. The average Bonchev–Trinajstić information content (AvgIpc) is 2.76. The first-order chi connectivity index (χ1) is 15.5. The van der Waals surface area contributed by atoms with Gasteiger partial charge in [0.05, 0.1) is 16.5 Å². The predicted octanol–water partition coefficient (Wildman–Crippen LogP) is 5.65. The number of rotatable bonds is 4. The second-order valence-corrected chi connectivity index (χ2v) is 9.10. The number of hydrogen-bond acceptors (Lipinski definition) is 3. The fraction of sp³-hybridized carbons (Fsp3) is 0.440. The Morgan fingerprint density at radius 2 is 1.91 bits per heavy atom. The minimum absolute atomic E-state index is 0.0104. The number of alkyl halides is 3. The van der Waals surface area contributed by atoms with Crippen LogP contribution in [0.5, 0.6) is 0 Å². The highest BCUT2D eigenvalue weighted by Gasteiger charge is 2.31.